The number of fused-ring (bicyclic) bond motifs is 1. The molecule has 0 radical (unpaired) electrons. The average Bonchev–Trinajstić information content (AvgIpc) is 2.30. The minimum atomic E-state index is -0.605. The first-order valence-corrected chi connectivity index (χ1v) is 7.24. The molecule has 0 aliphatic rings. The van der Waals surface area contributed by atoms with Gasteiger partial charge >= 0.3 is 0 Å². The molecule has 0 aliphatic heterocycles. The van der Waals surface area contributed by atoms with Gasteiger partial charge in [0.2, 0.25) is 0 Å². The minimum Gasteiger partial charge on any atom is -0.290 e. The number of hydrogen-bond donors (Lipinski definition) is 0. The van der Waals surface area contributed by atoms with Crippen LogP contribution in [0.3, 0.4) is 0 Å². The van der Waals surface area contributed by atoms with Gasteiger partial charge in [0.15, 0.2) is 0 Å². The van der Waals surface area contributed by atoms with Crippen LogP contribution in [0.4, 0.5) is 4.39 Å². The Balaban J connectivity index is 3.07. The van der Waals surface area contributed by atoms with E-state index in [1.54, 1.807) is 4.57 Å². The van der Waals surface area contributed by atoms with Crippen molar-refractivity contribution in [1.29, 1.82) is 0 Å². The Morgan fingerprint density at radius 3 is 2.19 bits per heavy atom. The van der Waals surface area contributed by atoms with Crippen LogP contribution in [-0.2, 0) is 11.0 Å². The summed E-state index contributed by atoms with van der Waals surface area (Å²) in [7, 11) is 0. The Kier molecular flexibility index (Phi) is 3.65. The lowest BCUT2D eigenvalue weighted by Crippen LogP contribution is -2.40. The van der Waals surface area contributed by atoms with E-state index < -0.39 is 11.4 Å². The van der Waals surface area contributed by atoms with Gasteiger partial charge in [-0.05, 0) is 32.9 Å². The van der Waals surface area contributed by atoms with Gasteiger partial charge in [-0.1, -0.05) is 32.4 Å². The van der Waals surface area contributed by atoms with Crippen LogP contribution in [0.5, 0.6) is 0 Å². The summed E-state index contributed by atoms with van der Waals surface area (Å²) in [5.74, 6) is 0.0576. The van der Waals surface area contributed by atoms with Crippen LogP contribution in [-0.4, -0.2) is 9.55 Å². The second-order valence-corrected chi connectivity index (χ2v) is 7.63. The van der Waals surface area contributed by atoms with E-state index in [9.17, 15) is 9.18 Å². The molecule has 0 N–H and O–H groups in total. The highest BCUT2D eigenvalue weighted by Gasteiger charge is 2.29. The third-order valence-electron chi connectivity index (χ3n) is 3.27. The maximum atomic E-state index is 13.7. The third kappa shape index (κ3) is 2.69. The Labute approximate surface area is 128 Å². The smallest absolute Gasteiger partial charge is 0.263 e. The van der Waals surface area contributed by atoms with Crippen LogP contribution in [0.15, 0.2) is 16.9 Å². The van der Waals surface area contributed by atoms with E-state index in [0.717, 1.165) is 0 Å². The van der Waals surface area contributed by atoms with E-state index in [1.165, 1.54) is 12.1 Å². The molecule has 2 rings (SSSR count). The minimum absolute atomic E-state index is 0.139. The van der Waals surface area contributed by atoms with Crippen molar-refractivity contribution in [3.8, 4) is 0 Å². The highest BCUT2D eigenvalue weighted by molar-refractivity contribution is 6.35. The number of benzene rings is 1. The van der Waals surface area contributed by atoms with E-state index in [4.69, 9.17) is 11.6 Å². The van der Waals surface area contributed by atoms with Crippen molar-refractivity contribution in [1.82, 2.24) is 9.55 Å². The maximum absolute atomic E-state index is 13.7. The first kappa shape index (κ1) is 16.0. The second kappa shape index (κ2) is 4.80. The van der Waals surface area contributed by atoms with Gasteiger partial charge in [-0.25, -0.2) is 9.37 Å². The zero-order valence-electron chi connectivity index (χ0n) is 13.2. The molecule has 0 amide bonds. The molecule has 3 nitrogen and oxygen atoms in total. The van der Waals surface area contributed by atoms with Crippen LogP contribution < -0.4 is 5.56 Å². The molecule has 0 spiro atoms. The van der Waals surface area contributed by atoms with Gasteiger partial charge in [0.1, 0.15) is 11.6 Å². The SMILES string of the molecule is CC(C)(C)c1nc2ccc(F)c(Cl)c2c(=O)n1C(C)(C)C. The monoisotopic (exact) mass is 310 g/mol. The zero-order chi connectivity index (χ0) is 16.2. The second-order valence-electron chi connectivity index (χ2n) is 7.25. The fourth-order valence-corrected chi connectivity index (χ4v) is 2.58. The molecule has 2 aromatic rings. The molecule has 21 heavy (non-hydrogen) atoms. The van der Waals surface area contributed by atoms with Crippen molar-refractivity contribution < 1.29 is 4.39 Å². The van der Waals surface area contributed by atoms with Gasteiger partial charge in [0.25, 0.3) is 5.56 Å². The fraction of sp³-hybridized carbons (Fsp3) is 0.500. The molecular weight excluding hydrogens is 291 g/mol. The molecule has 114 valence electrons. The highest BCUT2D eigenvalue weighted by Crippen LogP contribution is 2.29. The third-order valence-corrected chi connectivity index (χ3v) is 3.64. The van der Waals surface area contributed by atoms with E-state index >= 15 is 0 Å². The lowest BCUT2D eigenvalue weighted by Gasteiger charge is -2.31. The van der Waals surface area contributed by atoms with Crippen molar-refractivity contribution in [3.05, 3.63) is 39.2 Å². The lowest BCUT2D eigenvalue weighted by atomic mass is 9.93. The molecule has 0 atom stereocenters. The molecule has 1 heterocycles. The predicted octanol–water partition coefficient (Wildman–Crippen LogP) is 4.24. The number of aromatic nitrogens is 2. The topological polar surface area (TPSA) is 34.9 Å². The Morgan fingerprint density at radius 1 is 1.14 bits per heavy atom. The first-order valence-electron chi connectivity index (χ1n) is 6.86. The van der Waals surface area contributed by atoms with Crippen molar-refractivity contribution >= 4 is 22.5 Å². The maximum Gasteiger partial charge on any atom is 0.263 e. The largest absolute Gasteiger partial charge is 0.290 e. The van der Waals surface area contributed by atoms with E-state index in [-0.39, 0.29) is 21.4 Å². The Morgan fingerprint density at radius 2 is 1.71 bits per heavy atom. The van der Waals surface area contributed by atoms with Gasteiger partial charge in [-0.3, -0.25) is 9.36 Å². The standard InChI is InChI=1S/C16H20ClFN2O/c1-15(2,3)14-19-10-8-7-9(18)12(17)11(10)13(21)20(14)16(4,5)6/h7-8H,1-6H3. The molecular formula is C16H20ClFN2O. The molecule has 0 fully saturated rings. The number of nitrogens with zero attached hydrogens (tertiary/aromatic N) is 2. The summed E-state index contributed by atoms with van der Waals surface area (Å²) in [6.07, 6.45) is 0. The van der Waals surface area contributed by atoms with E-state index in [2.05, 4.69) is 4.98 Å². The highest BCUT2D eigenvalue weighted by atomic mass is 35.5. The van der Waals surface area contributed by atoms with E-state index in [1.807, 2.05) is 41.5 Å². The Bertz CT molecular complexity index is 767. The van der Waals surface area contributed by atoms with Gasteiger partial charge in [0, 0.05) is 11.0 Å². The molecule has 0 unspecified atom stereocenters. The molecule has 1 aromatic carbocycles. The summed E-state index contributed by atoms with van der Waals surface area (Å²) < 4.78 is 15.3. The summed E-state index contributed by atoms with van der Waals surface area (Å²) in [6.45, 7) is 11.7. The van der Waals surface area contributed by atoms with Gasteiger partial charge in [-0.2, -0.15) is 0 Å². The molecule has 5 heteroatoms. The Hall–Kier alpha value is -1.42. The first-order chi connectivity index (χ1) is 9.44. The average molecular weight is 311 g/mol. The molecule has 0 aliphatic carbocycles. The summed E-state index contributed by atoms with van der Waals surface area (Å²) >= 11 is 5.99. The molecule has 0 saturated carbocycles. The van der Waals surface area contributed by atoms with Crippen LogP contribution in [0, 0.1) is 5.82 Å². The summed E-state index contributed by atoms with van der Waals surface area (Å²) in [5.41, 5.74) is -0.670. The van der Waals surface area contributed by atoms with Gasteiger partial charge in [0.05, 0.1) is 15.9 Å². The molecule has 1 aromatic heterocycles. The van der Waals surface area contributed by atoms with Gasteiger partial charge < -0.3 is 0 Å². The summed E-state index contributed by atoms with van der Waals surface area (Å²) in [6, 6.07) is 2.74. The van der Waals surface area contributed by atoms with Gasteiger partial charge in [-0.15, -0.1) is 0 Å². The van der Waals surface area contributed by atoms with Crippen molar-refractivity contribution in [3.63, 3.8) is 0 Å². The zero-order valence-corrected chi connectivity index (χ0v) is 14.0. The normalized spacial score (nSPS) is 13.0. The predicted molar refractivity (Wildman–Crippen MR) is 84.7 cm³/mol. The number of halogens is 2. The van der Waals surface area contributed by atoms with Crippen LogP contribution >= 0.6 is 11.6 Å². The van der Waals surface area contributed by atoms with E-state index in [0.29, 0.717) is 11.3 Å². The quantitative estimate of drug-likeness (QED) is 0.729. The van der Waals surface area contributed by atoms with Crippen molar-refractivity contribution in [2.45, 2.75) is 52.5 Å². The van der Waals surface area contributed by atoms with Crippen molar-refractivity contribution in [2.75, 3.05) is 0 Å². The number of hydrogen-bond acceptors (Lipinski definition) is 2. The van der Waals surface area contributed by atoms with Crippen molar-refractivity contribution in [2.24, 2.45) is 0 Å². The molecule has 0 saturated heterocycles. The van der Waals surface area contributed by atoms with Crippen LogP contribution in [0.25, 0.3) is 10.9 Å². The lowest BCUT2D eigenvalue weighted by molar-refractivity contribution is 0.338. The molecule has 0 bridgehead atoms. The number of rotatable bonds is 0. The summed E-state index contributed by atoms with van der Waals surface area (Å²) in [5, 5.41) is -0.0250. The van der Waals surface area contributed by atoms with Crippen LogP contribution in [0.1, 0.15) is 47.4 Å². The summed E-state index contributed by atoms with van der Waals surface area (Å²) in [4.78, 5) is 17.5. The van der Waals surface area contributed by atoms with Crippen LogP contribution in [0.2, 0.25) is 5.02 Å². The fourth-order valence-electron chi connectivity index (χ4n) is 2.33.